The molecule has 0 spiro atoms. The molecule has 206 valence electrons. The SMILES string of the molecule is Cc1cc(C)n(-c2cccc(Oc3ccc4c5ccccc5n(-c5cc(C(C)(C)c6ccccc6)ccn5)c4c3)c2)n1. The van der Waals surface area contributed by atoms with E-state index < -0.39 is 0 Å². The van der Waals surface area contributed by atoms with Crippen molar-refractivity contribution in [2.75, 3.05) is 0 Å². The van der Waals surface area contributed by atoms with Crippen molar-refractivity contribution in [1.29, 1.82) is 0 Å². The third-order valence-electron chi connectivity index (χ3n) is 8.14. The second kappa shape index (κ2) is 10.0. The molecule has 0 fully saturated rings. The number of rotatable bonds is 6. The number of pyridine rings is 1. The summed E-state index contributed by atoms with van der Waals surface area (Å²) < 4.78 is 10.6. The van der Waals surface area contributed by atoms with Crippen LogP contribution >= 0.6 is 0 Å². The molecule has 0 saturated carbocycles. The maximum atomic E-state index is 6.44. The van der Waals surface area contributed by atoms with E-state index >= 15 is 0 Å². The van der Waals surface area contributed by atoms with Crippen LogP contribution in [0.3, 0.4) is 0 Å². The largest absolute Gasteiger partial charge is 0.457 e. The van der Waals surface area contributed by atoms with Crippen LogP contribution in [-0.4, -0.2) is 19.3 Å². The molecule has 0 aliphatic rings. The van der Waals surface area contributed by atoms with Gasteiger partial charge in [-0.25, -0.2) is 9.67 Å². The van der Waals surface area contributed by atoms with E-state index in [1.54, 1.807) is 0 Å². The van der Waals surface area contributed by atoms with Crippen molar-refractivity contribution in [3.63, 3.8) is 0 Å². The average Bonchev–Trinajstić information content (AvgIpc) is 3.53. The summed E-state index contributed by atoms with van der Waals surface area (Å²) in [7, 11) is 0. The highest BCUT2D eigenvalue weighted by atomic mass is 16.5. The van der Waals surface area contributed by atoms with Crippen LogP contribution < -0.4 is 4.74 Å². The van der Waals surface area contributed by atoms with Gasteiger partial charge in [0.25, 0.3) is 0 Å². The van der Waals surface area contributed by atoms with Crippen LogP contribution in [0, 0.1) is 13.8 Å². The van der Waals surface area contributed by atoms with E-state index in [2.05, 4.69) is 115 Å². The maximum Gasteiger partial charge on any atom is 0.137 e. The molecule has 5 nitrogen and oxygen atoms in total. The summed E-state index contributed by atoms with van der Waals surface area (Å²) in [6, 6.07) is 39.9. The predicted octanol–water partition coefficient (Wildman–Crippen LogP) is 9.10. The summed E-state index contributed by atoms with van der Waals surface area (Å²) >= 11 is 0. The Morgan fingerprint density at radius 1 is 0.643 bits per heavy atom. The fourth-order valence-corrected chi connectivity index (χ4v) is 5.92. The van der Waals surface area contributed by atoms with E-state index in [0.29, 0.717) is 0 Å². The van der Waals surface area contributed by atoms with E-state index in [-0.39, 0.29) is 5.41 Å². The summed E-state index contributed by atoms with van der Waals surface area (Å²) in [5.74, 6) is 2.40. The van der Waals surface area contributed by atoms with E-state index in [1.807, 2.05) is 48.1 Å². The molecular weight excluding hydrogens is 516 g/mol. The Balaban J connectivity index is 1.33. The van der Waals surface area contributed by atoms with Gasteiger partial charge in [-0.15, -0.1) is 0 Å². The van der Waals surface area contributed by atoms with Crippen LogP contribution in [0.5, 0.6) is 11.5 Å². The molecule has 0 radical (unpaired) electrons. The molecule has 0 aliphatic carbocycles. The van der Waals surface area contributed by atoms with Crippen LogP contribution in [0.4, 0.5) is 0 Å². The molecule has 0 saturated heterocycles. The van der Waals surface area contributed by atoms with Gasteiger partial charge in [0.05, 0.1) is 22.4 Å². The van der Waals surface area contributed by atoms with Crippen LogP contribution in [-0.2, 0) is 5.41 Å². The van der Waals surface area contributed by atoms with Gasteiger partial charge in [0, 0.05) is 40.2 Å². The highest BCUT2D eigenvalue weighted by molar-refractivity contribution is 6.09. The second-order valence-electron chi connectivity index (χ2n) is 11.4. The molecule has 0 aliphatic heterocycles. The minimum absolute atomic E-state index is 0.178. The minimum atomic E-state index is -0.178. The molecular formula is C37H32N4O. The molecule has 0 bridgehead atoms. The normalized spacial score (nSPS) is 11.8. The van der Waals surface area contributed by atoms with Crippen molar-refractivity contribution in [3.8, 4) is 23.0 Å². The first-order valence-electron chi connectivity index (χ1n) is 14.3. The fraction of sp³-hybridized carbons (Fsp3) is 0.135. The van der Waals surface area contributed by atoms with Gasteiger partial charge in [0.1, 0.15) is 17.3 Å². The molecule has 42 heavy (non-hydrogen) atoms. The van der Waals surface area contributed by atoms with Gasteiger partial charge in [-0.2, -0.15) is 5.10 Å². The van der Waals surface area contributed by atoms with Gasteiger partial charge in [0.15, 0.2) is 0 Å². The topological polar surface area (TPSA) is 44.9 Å². The molecule has 3 aromatic heterocycles. The third-order valence-corrected chi connectivity index (χ3v) is 8.14. The summed E-state index contributed by atoms with van der Waals surface area (Å²) in [6.45, 7) is 8.59. The van der Waals surface area contributed by atoms with E-state index in [1.165, 1.54) is 16.5 Å². The lowest BCUT2D eigenvalue weighted by Gasteiger charge is -2.26. The number of fused-ring (bicyclic) bond motifs is 3. The van der Waals surface area contributed by atoms with E-state index in [4.69, 9.17) is 9.72 Å². The van der Waals surface area contributed by atoms with Crippen molar-refractivity contribution in [2.45, 2.75) is 33.1 Å². The standard InChI is InChI=1S/C37H32N4O/c1-25-21-26(2)41(39-25)29-13-10-14-30(23-29)42-31-17-18-33-32-15-8-9-16-34(32)40(35(33)24-31)36-22-28(19-20-38-36)37(3,4)27-11-6-5-7-12-27/h5-24H,1-4H3. The molecule has 4 aromatic carbocycles. The third kappa shape index (κ3) is 4.44. The number of hydrogen-bond donors (Lipinski definition) is 0. The Morgan fingerprint density at radius 2 is 1.40 bits per heavy atom. The zero-order valence-corrected chi connectivity index (χ0v) is 24.2. The van der Waals surface area contributed by atoms with Gasteiger partial charge in [0.2, 0.25) is 0 Å². The first kappa shape index (κ1) is 25.8. The van der Waals surface area contributed by atoms with Crippen LogP contribution in [0.25, 0.3) is 33.3 Å². The molecule has 7 rings (SSSR count). The Hall–Kier alpha value is -5.16. The first-order valence-corrected chi connectivity index (χ1v) is 14.3. The highest BCUT2D eigenvalue weighted by Gasteiger charge is 2.24. The van der Waals surface area contributed by atoms with Gasteiger partial charge < -0.3 is 4.74 Å². The fourth-order valence-electron chi connectivity index (χ4n) is 5.92. The molecule has 0 atom stereocenters. The highest BCUT2D eigenvalue weighted by Crippen LogP contribution is 2.37. The van der Waals surface area contributed by atoms with Crippen molar-refractivity contribution in [3.05, 3.63) is 144 Å². The Bertz CT molecular complexity index is 2070. The zero-order chi connectivity index (χ0) is 28.8. The number of para-hydroxylation sites is 1. The number of nitrogens with zero attached hydrogens (tertiary/aromatic N) is 4. The van der Waals surface area contributed by atoms with Crippen LogP contribution in [0.1, 0.15) is 36.4 Å². The van der Waals surface area contributed by atoms with Crippen LogP contribution in [0.15, 0.2) is 121 Å². The van der Waals surface area contributed by atoms with E-state index in [9.17, 15) is 0 Å². The Morgan fingerprint density at radius 3 is 2.21 bits per heavy atom. The summed E-state index contributed by atoms with van der Waals surface area (Å²) in [5.41, 5.74) is 7.49. The number of ether oxygens (including phenoxy) is 1. The lowest BCUT2D eigenvalue weighted by molar-refractivity contribution is 0.482. The average molecular weight is 549 g/mol. The van der Waals surface area contributed by atoms with Crippen molar-refractivity contribution in [1.82, 2.24) is 19.3 Å². The maximum absolute atomic E-state index is 6.44. The van der Waals surface area contributed by atoms with Crippen molar-refractivity contribution in [2.24, 2.45) is 0 Å². The number of aryl methyl sites for hydroxylation is 2. The molecule has 0 unspecified atom stereocenters. The van der Waals surface area contributed by atoms with Gasteiger partial charge in [-0.3, -0.25) is 4.57 Å². The van der Waals surface area contributed by atoms with Gasteiger partial charge in [-0.1, -0.05) is 68.4 Å². The molecule has 0 amide bonds. The molecule has 3 heterocycles. The lowest BCUT2D eigenvalue weighted by atomic mass is 9.78. The number of hydrogen-bond acceptors (Lipinski definition) is 3. The van der Waals surface area contributed by atoms with Gasteiger partial charge >= 0.3 is 0 Å². The van der Waals surface area contributed by atoms with Crippen LogP contribution in [0.2, 0.25) is 0 Å². The predicted molar refractivity (Wildman–Crippen MR) is 170 cm³/mol. The second-order valence-corrected chi connectivity index (χ2v) is 11.4. The quantitative estimate of drug-likeness (QED) is 0.208. The minimum Gasteiger partial charge on any atom is -0.457 e. The molecule has 7 aromatic rings. The van der Waals surface area contributed by atoms with Gasteiger partial charge in [-0.05, 0) is 73.5 Å². The molecule has 0 N–H and O–H groups in total. The molecule has 5 heteroatoms. The Kier molecular flexibility index (Phi) is 6.16. The smallest absolute Gasteiger partial charge is 0.137 e. The number of aromatic nitrogens is 4. The summed E-state index contributed by atoms with van der Waals surface area (Å²) in [4.78, 5) is 4.87. The van der Waals surface area contributed by atoms with Crippen molar-refractivity contribution < 1.29 is 4.74 Å². The monoisotopic (exact) mass is 548 g/mol. The Labute approximate surface area is 245 Å². The summed E-state index contributed by atoms with van der Waals surface area (Å²) in [5, 5.41) is 6.97. The summed E-state index contributed by atoms with van der Waals surface area (Å²) in [6.07, 6.45) is 1.92. The van der Waals surface area contributed by atoms with Crippen molar-refractivity contribution >= 4 is 21.8 Å². The number of benzene rings is 4. The zero-order valence-electron chi connectivity index (χ0n) is 24.2. The first-order chi connectivity index (χ1) is 20.4. The van der Waals surface area contributed by atoms with E-state index in [0.717, 1.165) is 50.8 Å². The lowest BCUT2D eigenvalue weighted by Crippen LogP contribution is -2.19.